The maximum atomic E-state index is 5.73. The van der Waals surface area contributed by atoms with Crippen molar-refractivity contribution in [1.82, 2.24) is 0 Å². The maximum Gasteiger partial charge on any atom is 0.142 e. The Labute approximate surface area is 99.2 Å². The number of ether oxygens (including phenoxy) is 1. The van der Waals surface area contributed by atoms with Gasteiger partial charge in [0.05, 0.1) is 11.2 Å². The number of likely N-dealkylation sites (N-methyl/N-ethyl adjacent to an activating group) is 1. The average Bonchev–Trinajstić information content (AvgIpc) is 2.31. The minimum atomic E-state index is 0.100. The van der Waals surface area contributed by atoms with Gasteiger partial charge in [-0.2, -0.15) is 0 Å². The van der Waals surface area contributed by atoms with Gasteiger partial charge >= 0.3 is 0 Å². The van der Waals surface area contributed by atoms with E-state index in [4.69, 9.17) is 4.74 Å². The van der Waals surface area contributed by atoms with E-state index in [1.54, 1.807) is 0 Å². The number of hydrogen-bond acceptors (Lipinski definition) is 2. The first-order chi connectivity index (χ1) is 7.65. The van der Waals surface area contributed by atoms with Crippen LogP contribution in [0.2, 0.25) is 0 Å². The van der Waals surface area contributed by atoms with Gasteiger partial charge in [0.15, 0.2) is 0 Å². The van der Waals surface area contributed by atoms with E-state index in [1.165, 1.54) is 5.69 Å². The molecular weight excluding hydrogens is 198 g/mol. The van der Waals surface area contributed by atoms with E-state index >= 15 is 0 Å². The molecule has 0 bridgehead atoms. The lowest BCUT2D eigenvalue weighted by Gasteiger charge is -2.44. The van der Waals surface area contributed by atoms with E-state index in [2.05, 4.69) is 37.8 Å². The fraction of sp³-hybridized carbons (Fsp3) is 0.571. The first-order valence-corrected chi connectivity index (χ1v) is 6.14. The summed E-state index contributed by atoms with van der Waals surface area (Å²) in [6.45, 7) is 12.4. The second-order valence-electron chi connectivity index (χ2n) is 4.31. The molecular formula is C14H23NO. The van der Waals surface area contributed by atoms with Gasteiger partial charge in [0.1, 0.15) is 12.4 Å². The Morgan fingerprint density at radius 3 is 2.50 bits per heavy atom. The van der Waals surface area contributed by atoms with Gasteiger partial charge in [0.25, 0.3) is 0 Å². The number of nitrogens with zero attached hydrogens (tertiary/aromatic N) is 1. The van der Waals surface area contributed by atoms with Crippen molar-refractivity contribution in [2.24, 2.45) is 0 Å². The zero-order valence-electron chi connectivity index (χ0n) is 11.1. The lowest BCUT2D eigenvalue weighted by molar-refractivity contribution is 0.213. The molecule has 0 aromatic heterocycles. The molecule has 0 saturated heterocycles. The van der Waals surface area contributed by atoms with Crippen molar-refractivity contribution >= 4 is 5.69 Å². The highest BCUT2D eigenvalue weighted by molar-refractivity contribution is 5.61. The van der Waals surface area contributed by atoms with E-state index in [0.29, 0.717) is 0 Å². The van der Waals surface area contributed by atoms with Gasteiger partial charge in [-0.15, -0.1) is 0 Å². The zero-order valence-corrected chi connectivity index (χ0v) is 11.1. The molecule has 2 nitrogen and oxygen atoms in total. The summed E-state index contributed by atoms with van der Waals surface area (Å²) >= 11 is 0. The highest BCUT2D eigenvalue weighted by Gasteiger charge is 2.32. The van der Waals surface area contributed by atoms with Crippen molar-refractivity contribution in [2.75, 3.05) is 18.1 Å². The molecule has 1 heterocycles. The molecule has 16 heavy (non-hydrogen) atoms. The molecule has 0 unspecified atom stereocenters. The van der Waals surface area contributed by atoms with Crippen molar-refractivity contribution in [2.45, 2.75) is 40.2 Å². The second-order valence-corrected chi connectivity index (χ2v) is 4.31. The zero-order chi connectivity index (χ0) is 12.2. The maximum absolute atomic E-state index is 5.73. The number of hydrogen-bond donors (Lipinski definition) is 0. The predicted octanol–water partition coefficient (Wildman–Crippen LogP) is 3.71. The summed E-state index contributed by atoms with van der Waals surface area (Å²) in [5.41, 5.74) is 1.31. The molecule has 1 aliphatic heterocycles. The minimum Gasteiger partial charge on any atom is -0.489 e. The van der Waals surface area contributed by atoms with Crippen molar-refractivity contribution in [3.63, 3.8) is 0 Å². The molecule has 0 atom stereocenters. The second kappa shape index (κ2) is 5.24. The Bertz CT molecular complexity index is 333. The van der Waals surface area contributed by atoms with Gasteiger partial charge in [-0.3, -0.25) is 0 Å². The van der Waals surface area contributed by atoms with E-state index < -0.39 is 0 Å². The van der Waals surface area contributed by atoms with Crippen LogP contribution in [0.1, 0.15) is 34.6 Å². The van der Waals surface area contributed by atoms with Crippen LogP contribution in [0.4, 0.5) is 5.69 Å². The topological polar surface area (TPSA) is 12.5 Å². The largest absolute Gasteiger partial charge is 0.489 e. The van der Waals surface area contributed by atoms with Gasteiger partial charge in [-0.1, -0.05) is 26.0 Å². The van der Waals surface area contributed by atoms with Crippen LogP contribution in [-0.4, -0.2) is 18.7 Å². The molecule has 0 radical (unpaired) electrons. The van der Waals surface area contributed by atoms with Crippen LogP contribution < -0.4 is 9.64 Å². The van der Waals surface area contributed by atoms with Crippen LogP contribution in [0.3, 0.4) is 0 Å². The van der Waals surface area contributed by atoms with Crippen molar-refractivity contribution < 1.29 is 4.74 Å². The summed E-state index contributed by atoms with van der Waals surface area (Å²) < 4.78 is 5.73. The molecule has 0 spiro atoms. The Kier molecular flexibility index (Phi) is 4.22. The third kappa shape index (κ3) is 2.31. The van der Waals surface area contributed by atoms with Crippen LogP contribution in [0, 0.1) is 0 Å². The third-order valence-electron chi connectivity index (χ3n) is 2.78. The lowest BCUT2D eigenvalue weighted by atomic mass is 10.0. The molecule has 1 aromatic carbocycles. The molecule has 1 aromatic rings. The van der Waals surface area contributed by atoms with E-state index in [9.17, 15) is 0 Å². The van der Waals surface area contributed by atoms with Crippen LogP contribution in [0.5, 0.6) is 5.75 Å². The van der Waals surface area contributed by atoms with Gasteiger partial charge < -0.3 is 9.64 Å². The normalized spacial score (nSPS) is 16.7. The first-order valence-electron chi connectivity index (χ1n) is 6.14. The number of para-hydroxylation sites is 2. The molecule has 0 saturated carbocycles. The molecule has 0 fully saturated rings. The molecule has 1 aliphatic rings. The van der Waals surface area contributed by atoms with Crippen LogP contribution in [0.25, 0.3) is 0 Å². The summed E-state index contributed by atoms with van der Waals surface area (Å²) in [5.74, 6) is 1.01. The van der Waals surface area contributed by atoms with Gasteiger partial charge in [0.2, 0.25) is 0 Å². The fourth-order valence-electron chi connectivity index (χ4n) is 2.06. The summed E-state index contributed by atoms with van der Waals surface area (Å²) in [7, 11) is 0. The minimum absolute atomic E-state index is 0.100. The van der Waals surface area contributed by atoms with Crippen LogP contribution in [-0.2, 0) is 0 Å². The van der Waals surface area contributed by atoms with Crippen molar-refractivity contribution in [1.29, 1.82) is 0 Å². The Morgan fingerprint density at radius 2 is 1.88 bits per heavy atom. The Morgan fingerprint density at radius 1 is 1.25 bits per heavy atom. The molecule has 0 aliphatic carbocycles. The standard InChI is InChI=1S/C12H17NO.C2H6/c1-4-13-10-7-5-6-8-11(10)14-9-12(13,2)3;1-2/h5-8H,4,9H2,1-3H3;1-2H3. The third-order valence-corrected chi connectivity index (χ3v) is 2.78. The summed E-state index contributed by atoms with van der Waals surface area (Å²) in [6.07, 6.45) is 0. The molecule has 0 N–H and O–H groups in total. The van der Waals surface area contributed by atoms with E-state index in [-0.39, 0.29) is 5.54 Å². The molecule has 2 rings (SSSR count). The summed E-state index contributed by atoms with van der Waals surface area (Å²) in [6, 6.07) is 8.24. The van der Waals surface area contributed by atoms with Gasteiger partial charge in [0, 0.05) is 6.54 Å². The Hall–Kier alpha value is -1.18. The Balaban J connectivity index is 0.000000606. The number of benzene rings is 1. The smallest absolute Gasteiger partial charge is 0.142 e. The summed E-state index contributed by atoms with van der Waals surface area (Å²) in [5, 5.41) is 0. The first kappa shape index (κ1) is 12.9. The number of fused-ring (bicyclic) bond motifs is 1. The fourth-order valence-corrected chi connectivity index (χ4v) is 2.06. The average molecular weight is 221 g/mol. The highest BCUT2D eigenvalue weighted by atomic mass is 16.5. The van der Waals surface area contributed by atoms with Crippen LogP contribution >= 0.6 is 0 Å². The highest BCUT2D eigenvalue weighted by Crippen LogP contribution is 2.37. The van der Waals surface area contributed by atoms with E-state index in [1.807, 2.05) is 26.0 Å². The number of anilines is 1. The monoisotopic (exact) mass is 221 g/mol. The molecule has 90 valence electrons. The quantitative estimate of drug-likeness (QED) is 0.716. The van der Waals surface area contributed by atoms with Crippen molar-refractivity contribution in [3.05, 3.63) is 24.3 Å². The van der Waals surface area contributed by atoms with Gasteiger partial charge in [-0.25, -0.2) is 0 Å². The summed E-state index contributed by atoms with van der Waals surface area (Å²) in [4.78, 5) is 2.39. The predicted molar refractivity (Wildman–Crippen MR) is 70.4 cm³/mol. The SMILES string of the molecule is CC.CCN1c2ccccc2OCC1(C)C. The van der Waals surface area contributed by atoms with Gasteiger partial charge in [-0.05, 0) is 32.9 Å². The van der Waals surface area contributed by atoms with E-state index in [0.717, 1.165) is 18.9 Å². The van der Waals surface area contributed by atoms with Crippen molar-refractivity contribution in [3.8, 4) is 5.75 Å². The number of rotatable bonds is 1. The van der Waals surface area contributed by atoms with Crippen LogP contribution in [0.15, 0.2) is 24.3 Å². The lowest BCUT2D eigenvalue weighted by Crippen LogP contribution is -2.51. The molecule has 2 heteroatoms. The molecule has 0 amide bonds.